The summed E-state index contributed by atoms with van der Waals surface area (Å²) in [4.78, 5) is 46.8. The first-order valence-electron chi connectivity index (χ1n) is 9.30. The van der Waals surface area contributed by atoms with Crippen molar-refractivity contribution in [3.05, 3.63) is 47.3 Å². The molecule has 2 aromatic heterocycles. The van der Waals surface area contributed by atoms with Crippen LogP contribution in [0.1, 0.15) is 18.9 Å². The molecule has 2 aromatic rings. The van der Waals surface area contributed by atoms with Crippen LogP contribution in [0, 0.1) is 0 Å². The Kier molecular flexibility index (Phi) is 4.79. The van der Waals surface area contributed by atoms with E-state index < -0.39 is 11.8 Å². The van der Waals surface area contributed by atoms with Crippen molar-refractivity contribution < 1.29 is 24.2 Å². The van der Waals surface area contributed by atoms with E-state index in [1.165, 1.54) is 13.0 Å². The minimum atomic E-state index is -1.33. The number of aromatic amines is 1. The van der Waals surface area contributed by atoms with Crippen LogP contribution in [0.3, 0.4) is 0 Å². The Balaban J connectivity index is 1.64. The number of hydrogen-bond donors (Lipinski definition) is 2. The molecule has 0 aromatic carbocycles. The van der Waals surface area contributed by atoms with Gasteiger partial charge in [-0.3, -0.25) is 9.59 Å². The van der Waals surface area contributed by atoms with Crippen molar-refractivity contribution >= 4 is 34.8 Å². The molecule has 0 saturated carbocycles. The molecule has 2 N–H and O–H groups in total. The fourth-order valence-electron chi connectivity index (χ4n) is 3.60. The summed E-state index contributed by atoms with van der Waals surface area (Å²) in [6, 6.07) is 3.63. The van der Waals surface area contributed by atoms with E-state index in [2.05, 4.69) is 9.97 Å². The highest BCUT2D eigenvalue weighted by atomic mass is 16.5. The number of carboxylic acids is 1. The minimum Gasteiger partial charge on any atom is -0.477 e. The molecular formula is C20H20N4O5. The van der Waals surface area contributed by atoms with Crippen molar-refractivity contribution in [2.45, 2.75) is 13.3 Å². The number of ketones is 1. The Bertz CT molecular complexity index is 1070. The molecule has 1 amide bonds. The number of amides is 1. The van der Waals surface area contributed by atoms with Gasteiger partial charge >= 0.3 is 5.97 Å². The van der Waals surface area contributed by atoms with E-state index in [9.17, 15) is 19.5 Å². The highest BCUT2D eigenvalue weighted by Crippen LogP contribution is 2.31. The second kappa shape index (κ2) is 7.42. The molecule has 9 heteroatoms. The topological polar surface area (TPSA) is 116 Å². The summed E-state index contributed by atoms with van der Waals surface area (Å²) in [6.45, 7) is 3.41. The van der Waals surface area contributed by atoms with Crippen molar-refractivity contribution in [2.24, 2.45) is 0 Å². The van der Waals surface area contributed by atoms with E-state index >= 15 is 0 Å². The molecule has 0 spiro atoms. The maximum absolute atomic E-state index is 12.8. The third kappa shape index (κ3) is 3.46. The predicted molar refractivity (Wildman–Crippen MR) is 103 cm³/mol. The van der Waals surface area contributed by atoms with E-state index in [0.717, 1.165) is 5.39 Å². The predicted octanol–water partition coefficient (Wildman–Crippen LogP) is 1.35. The lowest BCUT2D eigenvalue weighted by Gasteiger charge is -2.23. The number of carboxylic acid groups (broad SMARTS) is 1. The number of rotatable bonds is 3. The van der Waals surface area contributed by atoms with Crippen LogP contribution in [-0.2, 0) is 19.1 Å². The summed E-state index contributed by atoms with van der Waals surface area (Å²) < 4.78 is 5.76. The molecule has 29 heavy (non-hydrogen) atoms. The van der Waals surface area contributed by atoms with Crippen molar-refractivity contribution in [3.63, 3.8) is 0 Å². The zero-order chi connectivity index (χ0) is 20.5. The molecule has 1 saturated heterocycles. The number of ether oxygens (including phenoxy) is 1. The quantitative estimate of drug-likeness (QED) is 0.594. The number of aromatic nitrogens is 2. The van der Waals surface area contributed by atoms with Gasteiger partial charge in [-0.05, 0) is 24.6 Å². The number of fused-ring (bicyclic) bond motifs is 1. The Hall–Kier alpha value is -3.62. The molecule has 0 atom stereocenters. The first-order chi connectivity index (χ1) is 14.0. The summed E-state index contributed by atoms with van der Waals surface area (Å²) in [7, 11) is 0. The second-order valence-electron chi connectivity index (χ2n) is 6.92. The fraction of sp³-hybridized carbons (Fsp3) is 0.300. The van der Waals surface area contributed by atoms with E-state index in [-0.39, 0.29) is 23.1 Å². The van der Waals surface area contributed by atoms with Crippen LogP contribution in [0.25, 0.3) is 17.1 Å². The number of hydrogen-bond acceptors (Lipinski definition) is 6. The van der Waals surface area contributed by atoms with Gasteiger partial charge in [-0.1, -0.05) is 0 Å². The van der Waals surface area contributed by atoms with E-state index in [1.54, 1.807) is 28.3 Å². The molecule has 0 unspecified atom stereocenters. The van der Waals surface area contributed by atoms with E-state index in [1.807, 2.05) is 6.07 Å². The normalized spacial score (nSPS) is 19.1. The Morgan fingerprint density at radius 1 is 1.28 bits per heavy atom. The zero-order valence-electron chi connectivity index (χ0n) is 15.8. The number of nitrogens with one attached hydrogen (secondary N) is 1. The molecule has 2 aliphatic rings. The van der Waals surface area contributed by atoms with E-state index in [0.29, 0.717) is 43.8 Å². The van der Waals surface area contributed by atoms with Crippen LogP contribution < -0.4 is 0 Å². The van der Waals surface area contributed by atoms with Gasteiger partial charge in [0.05, 0.1) is 0 Å². The lowest BCUT2D eigenvalue weighted by molar-refractivity contribution is -0.134. The van der Waals surface area contributed by atoms with Crippen molar-refractivity contribution in [1.29, 1.82) is 0 Å². The summed E-state index contributed by atoms with van der Waals surface area (Å²) in [6.07, 6.45) is 5.52. The van der Waals surface area contributed by atoms with Gasteiger partial charge in [-0.15, -0.1) is 0 Å². The number of Topliss-reactive ketones (excluding diaryl/α,β-unsaturated/α-hetero) is 1. The first kappa shape index (κ1) is 18.7. The standard InChI is InChI=1S/C20H20N4O5/c1-12(25)23-6-3-7-24(9-8-23)19-16(20(27)28)17(26)15(29-19)10-13-11-22-18-14(13)4-2-5-21-18/h2,4-5,10-11H,3,6-9H2,1H3,(H,21,22)(H,27,28). The molecule has 2 aliphatic heterocycles. The van der Waals surface area contributed by atoms with Gasteiger partial charge in [0.1, 0.15) is 5.65 Å². The lowest BCUT2D eigenvalue weighted by atomic mass is 10.1. The van der Waals surface area contributed by atoms with Crippen LogP contribution in [0.15, 0.2) is 41.7 Å². The van der Waals surface area contributed by atoms with E-state index in [4.69, 9.17) is 4.74 Å². The number of aliphatic carboxylic acids is 1. The van der Waals surface area contributed by atoms with Gasteiger partial charge < -0.3 is 24.6 Å². The second-order valence-corrected chi connectivity index (χ2v) is 6.92. The van der Waals surface area contributed by atoms with Crippen LogP contribution in [0.5, 0.6) is 0 Å². The maximum Gasteiger partial charge on any atom is 0.345 e. The van der Waals surface area contributed by atoms with Gasteiger partial charge in [0.25, 0.3) is 0 Å². The number of carbonyl (C=O) groups excluding carboxylic acids is 2. The number of allylic oxidation sites excluding steroid dienone is 1. The smallest absolute Gasteiger partial charge is 0.345 e. The minimum absolute atomic E-state index is 0.0313. The Labute approximate surface area is 166 Å². The van der Waals surface area contributed by atoms with Crippen molar-refractivity contribution in [3.8, 4) is 0 Å². The molecular weight excluding hydrogens is 376 g/mol. The zero-order valence-corrected chi connectivity index (χ0v) is 15.8. The van der Waals surface area contributed by atoms with Gasteiger partial charge in [0.15, 0.2) is 11.3 Å². The van der Waals surface area contributed by atoms with Crippen LogP contribution in [-0.4, -0.2) is 68.7 Å². The Morgan fingerprint density at radius 3 is 2.86 bits per heavy atom. The van der Waals surface area contributed by atoms with Crippen molar-refractivity contribution in [1.82, 2.24) is 19.8 Å². The SMILES string of the molecule is CC(=O)N1CCCN(C2=C(C(=O)O)C(=O)C(=Cc3c[nH]c4ncccc34)O2)CC1. The van der Waals surface area contributed by atoms with Gasteiger partial charge in [-0.25, -0.2) is 9.78 Å². The maximum atomic E-state index is 12.8. The molecule has 0 bridgehead atoms. The summed E-state index contributed by atoms with van der Waals surface area (Å²) in [5, 5.41) is 10.4. The Morgan fingerprint density at radius 2 is 2.10 bits per heavy atom. The highest BCUT2D eigenvalue weighted by molar-refractivity contribution is 6.26. The molecule has 9 nitrogen and oxygen atoms in total. The number of pyridine rings is 1. The number of H-pyrrole nitrogens is 1. The molecule has 0 radical (unpaired) electrons. The lowest BCUT2D eigenvalue weighted by Crippen LogP contribution is -2.33. The van der Waals surface area contributed by atoms with Crippen molar-refractivity contribution in [2.75, 3.05) is 26.2 Å². The highest BCUT2D eigenvalue weighted by Gasteiger charge is 2.38. The van der Waals surface area contributed by atoms with Gasteiger partial charge in [0, 0.05) is 56.4 Å². The number of carbonyl (C=O) groups is 3. The summed E-state index contributed by atoms with van der Waals surface area (Å²) >= 11 is 0. The monoisotopic (exact) mass is 396 g/mol. The molecule has 4 rings (SSSR count). The average Bonchev–Trinajstić information content (AvgIpc) is 3.13. The van der Waals surface area contributed by atoms with Gasteiger partial charge in [-0.2, -0.15) is 0 Å². The van der Waals surface area contributed by atoms with Gasteiger partial charge in [0.2, 0.25) is 17.6 Å². The molecule has 150 valence electrons. The van der Waals surface area contributed by atoms with Crippen LogP contribution >= 0.6 is 0 Å². The summed E-state index contributed by atoms with van der Waals surface area (Å²) in [5.74, 6) is -2.04. The van der Waals surface area contributed by atoms with Crippen LogP contribution in [0.2, 0.25) is 0 Å². The summed E-state index contributed by atoms with van der Waals surface area (Å²) in [5.41, 5.74) is 0.958. The molecule has 4 heterocycles. The fourth-order valence-corrected chi connectivity index (χ4v) is 3.60. The third-order valence-electron chi connectivity index (χ3n) is 5.08. The third-order valence-corrected chi connectivity index (χ3v) is 5.08. The van der Waals surface area contributed by atoms with Crippen LogP contribution in [0.4, 0.5) is 0 Å². The average molecular weight is 396 g/mol. The number of nitrogens with zero attached hydrogens (tertiary/aromatic N) is 3. The first-order valence-corrected chi connectivity index (χ1v) is 9.30. The molecule has 0 aliphatic carbocycles. The largest absolute Gasteiger partial charge is 0.477 e. The molecule has 1 fully saturated rings.